The average molecular weight is 310 g/mol. The third-order valence-electron chi connectivity index (χ3n) is 2.88. The first-order valence-corrected chi connectivity index (χ1v) is 6.77. The third-order valence-corrected chi connectivity index (χ3v) is 3.18. The Labute approximate surface area is 127 Å². The summed E-state index contributed by atoms with van der Waals surface area (Å²) in [5, 5.41) is 3.36. The Kier molecular flexibility index (Phi) is 4.70. The number of nitrogen functional groups attached to an aromatic ring is 1. The van der Waals surface area contributed by atoms with Crippen molar-refractivity contribution in [1.82, 2.24) is 4.98 Å². The van der Waals surface area contributed by atoms with Crippen LogP contribution in [0.1, 0.15) is 28.9 Å². The molecule has 0 bridgehead atoms. The molecule has 0 aliphatic carbocycles. The van der Waals surface area contributed by atoms with E-state index in [9.17, 15) is 4.79 Å². The number of methoxy groups -OCH3 is 1. The zero-order valence-electron chi connectivity index (χ0n) is 11.8. The Morgan fingerprint density at radius 2 is 2.29 bits per heavy atom. The zero-order chi connectivity index (χ0) is 15.4. The molecule has 2 rings (SSSR count). The van der Waals surface area contributed by atoms with Crippen LogP contribution in [0.2, 0.25) is 5.02 Å². The molecule has 0 aliphatic heterocycles. The van der Waals surface area contributed by atoms with E-state index in [0.717, 1.165) is 12.2 Å². The fourth-order valence-electron chi connectivity index (χ4n) is 1.84. The molecular weight excluding hydrogens is 294 g/mol. The van der Waals surface area contributed by atoms with Crippen LogP contribution in [0.5, 0.6) is 0 Å². The van der Waals surface area contributed by atoms with Gasteiger partial charge in [0, 0.05) is 12.1 Å². The molecule has 21 heavy (non-hydrogen) atoms. The third kappa shape index (κ3) is 3.46. The van der Waals surface area contributed by atoms with Gasteiger partial charge in [-0.1, -0.05) is 18.5 Å². The number of aromatic nitrogens is 1. The second kappa shape index (κ2) is 6.49. The number of aryl methyl sites for hydroxylation is 1. The number of benzene rings is 1. The van der Waals surface area contributed by atoms with Gasteiger partial charge < -0.3 is 20.2 Å². The first-order valence-electron chi connectivity index (χ1n) is 6.40. The summed E-state index contributed by atoms with van der Waals surface area (Å²) < 4.78 is 10.2. The first-order chi connectivity index (χ1) is 10.0. The van der Waals surface area contributed by atoms with E-state index in [1.807, 2.05) is 6.92 Å². The van der Waals surface area contributed by atoms with Crippen LogP contribution in [0.3, 0.4) is 0 Å². The standard InChI is InChI=1S/C14H16ClN3O3/c1-3-9-6-17-12(21-9)7-18-13-10(14(19)20-2)4-8(16)5-11(13)15/h4-6,18H,3,7,16H2,1-2H3. The van der Waals surface area contributed by atoms with Crippen molar-refractivity contribution in [3.63, 3.8) is 0 Å². The summed E-state index contributed by atoms with van der Waals surface area (Å²) >= 11 is 6.13. The quantitative estimate of drug-likeness (QED) is 0.652. The van der Waals surface area contributed by atoms with Crippen LogP contribution in [0.4, 0.5) is 11.4 Å². The molecule has 0 fully saturated rings. The van der Waals surface area contributed by atoms with Gasteiger partial charge in [0.15, 0.2) is 0 Å². The maximum Gasteiger partial charge on any atom is 0.340 e. The van der Waals surface area contributed by atoms with Gasteiger partial charge in [0.25, 0.3) is 0 Å². The second-order valence-electron chi connectivity index (χ2n) is 4.34. The highest BCUT2D eigenvalue weighted by atomic mass is 35.5. The minimum Gasteiger partial charge on any atom is -0.465 e. The Bertz CT molecular complexity index is 655. The number of hydrogen-bond acceptors (Lipinski definition) is 6. The summed E-state index contributed by atoms with van der Waals surface area (Å²) in [4.78, 5) is 15.9. The first kappa shape index (κ1) is 15.2. The monoisotopic (exact) mass is 309 g/mol. The Hall–Kier alpha value is -2.21. The summed E-state index contributed by atoms with van der Waals surface area (Å²) in [7, 11) is 1.30. The minimum atomic E-state index is -0.520. The van der Waals surface area contributed by atoms with Crippen LogP contribution in [0, 0.1) is 0 Å². The van der Waals surface area contributed by atoms with Crippen molar-refractivity contribution in [2.45, 2.75) is 19.9 Å². The number of halogens is 1. The molecule has 3 N–H and O–H groups in total. The maximum absolute atomic E-state index is 11.8. The molecule has 6 nitrogen and oxygen atoms in total. The van der Waals surface area contributed by atoms with Crippen LogP contribution < -0.4 is 11.1 Å². The number of nitrogens with two attached hydrogens (primary N) is 1. The Balaban J connectivity index is 2.24. The summed E-state index contributed by atoms with van der Waals surface area (Å²) in [6.07, 6.45) is 2.44. The zero-order valence-corrected chi connectivity index (χ0v) is 12.5. The van der Waals surface area contributed by atoms with Crippen molar-refractivity contribution in [2.24, 2.45) is 0 Å². The predicted molar refractivity (Wildman–Crippen MR) is 80.4 cm³/mol. The molecule has 1 aromatic carbocycles. The van der Waals surface area contributed by atoms with Crippen molar-refractivity contribution in [1.29, 1.82) is 0 Å². The summed E-state index contributed by atoms with van der Waals surface area (Å²) in [5.41, 5.74) is 6.79. The van der Waals surface area contributed by atoms with Gasteiger partial charge in [0.05, 0.1) is 36.1 Å². The normalized spacial score (nSPS) is 10.4. The molecule has 7 heteroatoms. The highest BCUT2D eigenvalue weighted by Gasteiger charge is 2.16. The molecule has 0 unspecified atom stereocenters. The molecule has 0 aliphatic rings. The molecule has 0 saturated carbocycles. The van der Waals surface area contributed by atoms with Crippen LogP contribution in [-0.4, -0.2) is 18.1 Å². The molecule has 2 aromatic rings. The highest BCUT2D eigenvalue weighted by molar-refractivity contribution is 6.34. The van der Waals surface area contributed by atoms with Gasteiger partial charge in [0.2, 0.25) is 5.89 Å². The number of rotatable bonds is 5. The summed E-state index contributed by atoms with van der Waals surface area (Å²) in [6, 6.07) is 3.07. The van der Waals surface area contributed by atoms with Crippen LogP contribution in [-0.2, 0) is 17.7 Å². The molecule has 0 spiro atoms. The number of anilines is 2. The lowest BCUT2D eigenvalue weighted by Gasteiger charge is -2.12. The number of hydrogen-bond donors (Lipinski definition) is 2. The van der Waals surface area contributed by atoms with Gasteiger partial charge in [-0.05, 0) is 12.1 Å². The van der Waals surface area contributed by atoms with Gasteiger partial charge in [-0.15, -0.1) is 0 Å². The fourth-order valence-corrected chi connectivity index (χ4v) is 2.13. The average Bonchev–Trinajstić information content (AvgIpc) is 2.92. The van der Waals surface area contributed by atoms with E-state index in [2.05, 4.69) is 10.3 Å². The Morgan fingerprint density at radius 1 is 1.52 bits per heavy atom. The lowest BCUT2D eigenvalue weighted by molar-refractivity contribution is 0.0602. The Morgan fingerprint density at radius 3 is 2.90 bits per heavy atom. The number of carbonyl (C=O) groups is 1. The van der Waals surface area contributed by atoms with Crippen molar-refractivity contribution in [3.8, 4) is 0 Å². The van der Waals surface area contributed by atoms with E-state index in [-0.39, 0.29) is 5.56 Å². The molecule has 0 atom stereocenters. The van der Waals surface area contributed by atoms with Gasteiger partial charge in [-0.2, -0.15) is 0 Å². The fraction of sp³-hybridized carbons (Fsp3) is 0.286. The van der Waals surface area contributed by atoms with Gasteiger partial charge in [-0.3, -0.25) is 0 Å². The summed E-state index contributed by atoms with van der Waals surface area (Å²) in [5.74, 6) is 0.785. The molecular formula is C14H16ClN3O3. The lowest BCUT2D eigenvalue weighted by atomic mass is 10.1. The highest BCUT2D eigenvalue weighted by Crippen LogP contribution is 2.30. The summed E-state index contributed by atoms with van der Waals surface area (Å²) in [6.45, 7) is 2.28. The second-order valence-corrected chi connectivity index (χ2v) is 4.75. The van der Waals surface area contributed by atoms with Crippen LogP contribution >= 0.6 is 11.6 Å². The molecule has 1 heterocycles. The van der Waals surface area contributed by atoms with Gasteiger partial charge in [-0.25, -0.2) is 9.78 Å². The molecule has 1 aromatic heterocycles. The van der Waals surface area contributed by atoms with E-state index < -0.39 is 5.97 Å². The van der Waals surface area contributed by atoms with Crippen molar-refractivity contribution in [3.05, 3.63) is 40.6 Å². The number of oxazole rings is 1. The van der Waals surface area contributed by atoms with Crippen LogP contribution in [0.15, 0.2) is 22.7 Å². The van der Waals surface area contributed by atoms with Crippen molar-refractivity contribution >= 4 is 28.9 Å². The number of carbonyl (C=O) groups excluding carboxylic acids is 1. The van der Waals surface area contributed by atoms with Crippen LogP contribution in [0.25, 0.3) is 0 Å². The van der Waals surface area contributed by atoms with E-state index in [0.29, 0.717) is 28.8 Å². The maximum atomic E-state index is 11.8. The largest absolute Gasteiger partial charge is 0.465 e. The number of esters is 1. The lowest BCUT2D eigenvalue weighted by Crippen LogP contribution is -2.10. The smallest absolute Gasteiger partial charge is 0.340 e. The SMILES string of the molecule is CCc1cnc(CNc2c(Cl)cc(N)cc2C(=O)OC)o1. The molecule has 112 valence electrons. The minimum absolute atomic E-state index is 0.268. The number of nitrogens with zero attached hydrogens (tertiary/aromatic N) is 1. The van der Waals surface area contributed by atoms with E-state index in [1.54, 1.807) is 12.3 Å². The van der Waals surface area contributed by atoms with Crippen molar-refractivity contribution in [2.75, 3.05) is 18.2 Å². The number of ether oxygens (including phenoxy) is 1. The number of nitrogens with one attached hydrogen (secondary N) is 1. The van der Waals surface area contributed by atoms with E-state index in [1.165, 1.54) is 13.2 Å². The van der Waals surface area contributed by atoms with Gasteiger partial charge >= 0.3 is 5.97 Å². The van der Waals surface area contributed by atoms with Gasteiger partial charge in [0.1, 0.15) is 5.76 Å². The van der Waals surface area contributed by atoms with E-state index >= 15 is 0 Å². The topological polar surface area (TPSA) is 90.4 Å². The molecule has 0 saturated heterocycles. The van der Waals surface area contributed by atoms with E-state index in [4.69, 9.17) is 26.5 Å². The predicted octanol–water partition coefficient (Wildman–Crippen LogP) is 2.87. The van der Waals surface area contributed by atoms with Crippen molar-refractivity contribution < 1.29 is 13.9 Å². The molecule has 0 amide bonds. The molecule has 0 radical (unpaired) electrons.